The number of carbonyl (C=O) groups excluding carboxylic acids is 1. The summed E-state index contributed by atoms with van der Waals surface area (Å²) in [5.41, 5.74) is 5.34. The van der Waals surface area contributed by atoms with Crippen LogP contribution in [0.3, 0.4) is 0 Å². The molecule has 1 amide bonds. The molecule has 0 unspecified atom stereocenters. The second-order valence-corrected chi connectivity index (χ2v) is 8.29. The van der Waals surface area contributed by atoms with Gasteiger partial charge in [0.15, 0.2) is 0 Å². The van der Waals surface area contributed by atoms with Gasteiger partial charge in [0.25, 0.3) is 0 Å². The van der Waals surface area contributed by atoms with Gasteiger partial charge in [-0.05, 0) is 62.9 Å². The lowest BCUT2D eigenvalue weighted by molar-refractivity contribution is -0.137. The number of nitrogen functional groups attached to an aromatic ring is 1. The van der Waals surface area contributed by atoms with E-state index in [0.717, 1.165) is 6.07 Å². The summed E-state index contributed by atoms with van der Waals surface area (Å²) in [7, 11) is 0. The van der Waals surface area contributed by atoms with Crippen molar-refractivity contribution >= 4 is 29.3 Å². The number of nitrogens with one attached hydrogen (secondary N) is 2. The summed E-state index contributed by atoms with van der Waals surface area (Å²) in [6.45, 7) is 7.35. The topological polar surface area (TPSA) is 109 Å². The van der Waals surface area contributed by atoms with Crippen molar-refractivity contribution in [1.82, 2.24) is 20.1 Å². The van der Waals surface area contributed by atoms with Gasteiger partial charge in [-0.2, -0.15) is 18.2 Å². The van der Waals surface area contributed by atoms with Crippen molar-refractivity contribution in [2.24, 2.45) is 0 Å². The molecule has 0 saturated heterocycles. The summed E-state index contributed by atoms with van der Waals surface area (Å²) >= 11 is 0. The number of anilines is 3. The molecule has 0 spiro atoms. The van der Waals surface area contributed by atoms with E-state index < -0.39 is 23.4 Å². The Bertz CT molecular complexity index is 1010. The second-order valence-electron chi connectivity index (χ2n) is 8.29. The first-order chi connectivity index (χ1) is 14.3. The highest BCUT2D eigenvalue weighted by Crippen LogP contribution is 2.40. The molecule has 31 heavy (non-hydrogen) atoms. The fraction of sp³-hybridized carbons (Fsp3) is 0.450. The lowest BCUT2D eigenvalue weighted by atomic mass is 9.90. The lowest BCUT2D eigenvalue weighted by Crippen LogP contribution is -2.39. The van der Waals surface area contributed by atoms with E-state index in [2.05, 4.69) is 20.5 Å². The molecule has 11 heteroatoms. The molecule has 1 aromatic carbocycles. The smallest absolute Gasteiger partial charge is 0.417 e. The molecule has 0 aliphatic carbocycles. The zero-order valence-corrected chi connectivity index (χ0v) is 17.7. The molecule has 0 atom stereocenters. The molecule has 0 radical (unpaired) electrons. The molecule has 8 nitrogen and oxygen atoms in total. The summed E-state index contributed by atoms with van der Waals surface area (Å²) in [4.78, 5) is 17.6. The minimum Gasteiger partial charge on any atom is -0.444 e. The minimum absolute atomic E-state index is 0.0498. The number of nitrogens with two attached hydrogens (primary N) is 1. The molecular weight excluding hydrogens is 413 g/mol. The van der Waals surface area contributed by atoms with Gasteiger partial charge in [-0.15, -0.1) is 5.10 Å². The molecular formula is C20H25F3N6O2. The van der Waals surface area contributed by atoms with Gasteiger partial charge in [0.05, 0.1) is 5.56 Å². The fourth-order valence-electron chi connectivity index (χ4n) is 3.36. The van der Waals surface area contributed by atoms with Crippen molar-refractivity contribution < 1.29 is 22.7 Å². The molecule has 1 aliphatic heterocycles. The maximum atomic E-state index is 13.9. The summed E-state index contributed by atoms with van der Waals surface area (Å²) in [6.07, 6.45) is -3.12. The van der Waals surface area contributed by atoms with Crippen LogP contribution in [0.4, 0.5) is 35.5 Å². The van der Waals surface area contributed by atoms with Gasteiger partial charge in [0, 0.05) is 18.8 Å². The monoisotopic (exact) mass is 438 g/mol. The third kappa shape index (κ3) is 5.47. The van der Waals surface area contributed by atoms with E-state index in [-0.39, 0.29) is 42.7 Å². The van der Waals surface area contributed by atoms with E-state index in [4.69, 9.17) is 10.5 Å². The predicted molar refractivity (Wildman–Crippen MR) is 111 cm³/mol. The number of aryl methyl sites for hydroxylation is 1. The van der Waals surface area contributed by atoms with E-state index in [1.54, 1.807) is 39.8 Å². The Morgan fingerprint density at radius 2 is 2.00 bits per heavy atom. The zero-order valence-electron chi connectivity index (χ0n) is 17.7. The summed E-state index contributed by atoms with van der Waals surface area (Å²) in [5, 5.41) is 8.93. The van der Waals surface area contributed by atoms with Gasteiger partial charge in [-0.1, -0.05) is 6.08 Å². The average Bonchev–Trinajstić information content (AvgIpc) is 3.04. The van der Waals surface area contributed by atoms with Crippen molar-refractivity contribution in [2.45, 2.75) is 45.9 Å². The van der Waals surface area contributed by atoms with Crippen molar-refractivity contribution in [3.8, 4) is 0 Å². The standard InChI is InChI=1S/C20H25F3N6O2/c1-11-9-13(25-17-26-16(24)27-28-17)10-14(20(21,22)23)15(11)12-5-7-29(8-6-12)18(30)31-19(2,3)4/h5,9-10H,6-8H2,1-4H3,(H4,24,25,26,27,28). The van der Waals surface area contributed by atoms with Crippen LogP contribution < -0.4 is 11.1 Å². The van der Waals surface area contributed by atoms with Crippen LogP contribution in [0.5, 0.6) is 0 Å². The Hall–Kier alpha value is -3.24. The lowest BCUT2D eigenvalue weighted by Gasteiger charge is -2.30. The van der Waals surface area contributed by atoms with Gasteiger partial charge >= 0.3 is 12.3 Å². The second kappa shape index (κ2) is 8.12. The first-order valence-electron chi connectivity index (χ1n) is 9.67. The molecule has 2 aromatic rings. The van der Waals surface area contributed by atoms with Gasteiger partial charge < -0.3 is 20.7 Å². The molecule has 0 saturated carbocycles. The van der Waals surface area contributed by atoms with E-state index >= 15 is 0 Å². The fourth-order valence-corrected chi connectivity index (χ4v) is 3.36. The number of carbonyl (C=O) groups is 1. The normalized spacial score (nSPS) is 14.9. The maximum absolute atomic E-state index is 13.9. The number of amides is 1. The van der Waals surface area contributed by atoms with E-state index in [1.165, 1.54) is 4.90 Å². The number of ether oxygens (including phenoxy) is 1. The molecule has 3 rings (SSSR count). The van der Waals surface area contributed by atoms with Crippen LogP contribution in [0, 0.1) is 6.92 Å². The number of rotatable bonds is 3. The number of nitrogens with zero attached hydrogens (tertiary/aromatic N) is 3. The van der Waals surface area contributed by atoms with Crippen LogP contribution >= 0.6 is 0 Å². The van der Waals surface area contributed by atoms with Crippen LogP contribution in [0.15, 0.2) is 18.2 Å². The number of benzene rings is 1. The number of aromatic nitrogens is 3. The van der Waals surface area contributed by atoms with Gasteiger partial charge in [-0.25, -0.2) is 9.89 Å². The number of aromatic amines is 1. The van der Waals surface area contributed by atoms with Gasteiger partial charge in [-0.3, -0.25) is 0 Å². The third-order valence-corrected chi connectivity index (χ3v) is 4.58. The Labute approximate surface area is 177 Å². The number of hydrogen-bond acceptors (Lipinski definition) is 6. The van der Waals surface area contributed by atoms with Crippen molar-refractivity contribution in [3.05, 3.63) is 34.9 Å². The van der Waals surface area contributed by atoms with Crippen LogP contribution in [-0.2, 0) is 10.9 Å². The van der Waals surface area contributed by atoms with Crippen molar-refractivity contribution in [2.75, 3.05) is 24.1 Å². The zero-order chi connectivity index (χ0) is 23.0. The highest BCUT2D eigenvalue weighted by molar-refractivity contribution is 5.77. The Kier molecular flexibility index (Phi) is 5.88. The van der Waals surface area contributed by atoms with Gasteiger partial charge in [0.1, 0.15) is 5.60 Å². The SMILES string of the molecule is Cc1cc(Nc2n[nH]c(N)n2)cc(C(F)(F)F)c1C1=CCN(C(=O)OC(C)(C)C)CC1. The number of halogens is 3. The van der Waals surface area contributed by atoms with Crippen LogP contribution in [0.2, 0.25) is 0 Å². The quantitative estimate of drug-likeness (QED) is 0.652. The van der Waals surface area contributed by atoms with E-state index in [9.17, 15) is 18.0 Å². The van der Waals surface area contributed by atoms with Crippen LogP contribution in [0.25, 0.3) is 5.57 Å². The highest BCUT2D eigenvalue weighted by atomic mass is 19.4. The van der Waals surface area contributed by atoms with Crippen molar-refractivity contribution in [1.29, 1.82) is 0 Å². The maximum Gasteiger partial charge on any atom is 0.417 e. The highest BCUT2D eigenvalue weighted by Gasteiger charge is 2.36. The van der Waals surface area contributed by atoms with Crippen LogP contribution in [-0.4, -0.2) is 44.9 Å². The summed E-state index contributed by atoms with van der Waals surface area (Å²) in [5.74, 6) is 0.122. The molecule has 4 N–H and O–H groups in total. The third-order valence-electron chi connectivity index (χ3n) is 4.58. The van der Waals surface area contributed by atoms with Gasteiger partial charge in [0.2, 0.25) is 11.9 Å². The van der Waals surface area contributed by atoms with Crippen molar-refractivity contribution in [3.63, 3.8) is 0 Å². The number of hydrogen-bond donors (Lipinski definition) is 3. The molecule has 1 aliphatic rings. The molecule has 168 valence electrons. The summed E-state index contributed by atoms with van der Waals surface area (Å²) < 4.78 is 47.0. The Morgan fingerprint density at radius 3 is 2.52 bits per heavy atom. The first kappa shape index (κ1) is 22.4. The van der Waals surface area contributed by atoms with Crippen LogP contribution in [0.1, 0.15) is 43.9 Å². The first-order valence-corrected chi connectivity index (χ1v) is 9.67. The van der Waals surface area contributed by atoms with E-state index in [1.807, 2.05) is 0 Å². The molecule has 1 aromatic heterocycles. The average molecular weight is 438 g/mol. The molecule has 2 heterocycles. The molecule has 0 bridgehead atoms. The largest absolute Gasteiger partial charge is 0.444 e. The summed E-state index contributed by atoms with van der Waals surface area (Å²) in [6, 6.07) is 2.62. The number of alkyl halides is 3. The Balaban J connectivity index is 1.89. The Morgan fingerprint density at radius 1 is 1.29 bits per heavy atom. The number of H-pyrrole nitrogens is 1. The predicted octanol–water partition coefficient (Wildman–Crippen LogP) is 4.48. The molecule has 0 fully saturated rings. The van der Waals surface area contributed by atoms with E-state index in [0.29, 0.717) is 11.1 Å². The minimum atomic E-state index is -4.57.